The van der Waals surface area contributed by atoms with E-state index in [-0.39, 0.29) is 24.2 Å². The summed E-state index contributed by atoms with van der Waals surface area (Å²) in [6.07, 6.45) is -0.419. The number of carbonyl (C=O) groups excluding carboxylic acids is 1. The summed E-state index contributed by atoms with van der Waals surface area (Å²) in [6.45, 7) is 0. The lowest BCUT2D eigenvalue weighted by atomic mass is 10.0. The number of hydrogen-bond donors (Lipinski definition) is 2. The van der Waals surface area contributed by atoms with Crippen molar-refractivity contribution < 1.29 is 19.1 Å². The summed E-state index contributed by atoms with van der Waals surface area (Å²) in [7, 11) is 0. The molecule has 0 heterocycles. The van der Waals surface area contributed by atoms with Crippen molar-refractivity contribution in [3.8, 4) is 0 Å². The molecule has 0 spiro atoms. The van der Waals surface area contributed by atoms with Crippen molar-refractivity contribution in [2.24, 2.45) is 5.73 Å². The number of carboxylic acid groups (broad SMARTS) is 1. The molecule has 1 aromatic rings. The molecule has 0 unspecified atom stereocenters. The molecule has 0 saturated carbocycles. The zero-order valence-corrected chi connectivity index (χ0v) is 8.52. The minimum atomic E-state index is -1.23. The van der Waals surface area contributed by atoms with Gasteiger partial charge >= 0.3 is 5.97 Å². The topological polar surface area (TPSA) is 80.4 Å². The number of aliphatic carboxylic acids is 1. The molecule has 0 bridgehead atoms. The average Bonchev–Trinajstić information content (AvgIpc) is 2.21. The van der Waals surface area contributed by atoms with Crippen LogP contribution in [0.15, 0.2) is 24.3 Å². The Labute approximate surface area is 91.9 Å². The third-order valence-electron chi connectivity index (χ3n) is 2.11. The van der Waals surface area contributed by atoms with E-state index >= 15 is 0 Å². The fourth-order valence-electron chi connectivity index (χ4n) is 1.26. The summed E-state index contributed by atoms with van der Waals surface area (Å²) >= 11 is 0. The Morgan fingerprint density at radius 2 is 2.00 bits per heavy atom. The Morgan fingerprint density at radius 3 is 2.56 bits per heavy atom. The van der Waals surface area contributed by atoms with Crippen LogP contribution < -0.4 is 5.73 Å². The first kappa shape index (κ1) is 12.3. The van der Waals surface area contributed by atoms with E-state index < -0.39 is 17.8 Å². The number of ketones is 1. The molecule has 0 amide bonds. The summed E-state index contributed by atoms with van der Waals surface area (Å²) in [5.74, 6) is -2.10. The van der Waals surface area contributed by atoms with Gasteiger partial charge in [-0.05, 0) is 11.6 Å². The van der Waals surface area contributed by atoms with Crippen LogP contribution in [-0.4, -0.2) is 22.9 Å². The molecule has 0 saturated heterocycles. The summed E-state index contributed by atoms with van der Waals surface area (Å²) in [4.78, 5) is 21.8. The fraction of sp³-hybridized carbons (Fsp3) is 0.273. The lowest BCUT2D eigenvalue weighted by Crippen LogP contribution is -2.33. The van der Waals surface area contributed by atoms with Crippen LogP contribution in [0.2, 0.25) is 0 Å². The van der Waals surface area contributed by atoms with Crippen LogP contribution in [0.4, 0.5) is 4.39 Å². The molecule has 86 valence electrons. The van der Waals surface area contributed by atoms with Gasteiger partial charge in [0.1, 0.15) is 17.6 Å². The van der Waals surface area contributed by atoms with Gasteiger partial charge in [0.2, 0.25) is 0 Å². The van der Waals surface area contributed by atoms with Gasteiger partial charge in [0.25, 0.3) is 0 Å². The molecule has 0 aliphatic rings. The molecular weight excluding hydrogens is 213 g/mol. The third kappa shape index (κ3) is 3.43. The highest BCUT2D eigenvalue weighted by Gasteiger charge is 2.17. The molecule has 1 rings (SSSR count). The van der Waals surface area contributed by atoms with Gasteiger partial charge < -0.3 is 10.8 Å². The minimum absolute atomic E-state index is 0.131. The number of carbonyl (C=O) groups is 2. The normalized spacial score (nSPS) is 12.1. The number of hydrogen-bond acceptors (Lipinski definition) is 3. The lowest BCUT2D eigenvalue weighted by molar-refractivity contribution is -0.140. The number of nitrogens with two attached hydrogens (primary N) is 1. The van der Waals surface area contributed by atoms with Crippen LogP contribution in [0.1, 0.15) is 12.0 Å². The van der Waals surface area contributed by atoms with Crippen molar-refractivity contribution in [1.82, 2.24) is 0 Å². The van der Waals surface area contributed by atoms with Gasteiger partial charge in [0.05, 0.1) is 0 Å². The molecule has 3 N–H and O–H groups in total. The molecule has 16 heavy (non-hydrogen) atoms. The SMILES string of the molecule is N[C@@H](CC(=O)Cc1ccccc1F)C(=O)O. The van der Waals surface area contributed by atoms with Gasteiger partial charge in [0, 0.05) is 12.8 Å². The summed E-state index contributed by atoms with van der Waals surface area (Å²) in [5, 5.41) is 8.50. The standard InChI is InChI=1S/C11H12FNO3/c12-9-4-2-1-3-7(9)5-8(14)6-10(13)11(15)16/h1-4,10H,5-6,13H2,(H,15,16)/t10-/m0/s1. The summed E-state index contributed by atoms with van der Waals surface area (Å²) in [6, 6.07) is 4.65. The molecule has 0 aliphatic heterocycles. The molecule has 0 radical (unpaired) electrons. The van der Waals surface area contributed by atoms with Gasteiger partial charge in [-0.3, -0.25) is 9.59 Å². The van der Waals surface area contributed by atoms with Crippen LogP contribution in [0.5, 0.6) is 0 Å². The number of rotatable bonds is 5. The highest BCUT2D eigenvalue weighted by atomic mass is 19.1. The molecule has 0 fully saturated rings. The summed E-state index contributed by atoms with van der Waals surface area (Å²) in [5.41, 5.74) is 5.45. The number of Topliss-reactive ketones (excluding diaryl/α,β-unsaturated/α-hetero) is 1. The van der Waals surface area contributed by atoms with Crippen LogP contribution in [0.25, 0.3) is 0 Å². The predicted molar refractivity (Wildman–Crippen MR) is 55.3 cm³/mol. The van der Waals surface area contributed by atoms with E-state index in [0.29, 0.717) is 0 Å². The van der Waals surface area contributed by atoms with Crippen molar-refractivity contribution in [3.63, 3.8) is 0 Å². The van der Waals surface area contributed by atoms with E-state index in [2.05, 4.69) is 0 Å². The highest BCUT2D eigenvalue weighted by Crippen LogP contribution is 2.08. The maximum atomic E-state index is 13.1. The molecular formula is C11H12FNO3. The number of carboxylic acids is 1. The zero-order valence-electron chi connectivity index (χ0n) is 8.52. The van der Waals surface area contributed by atoms with Crippen molar-refractivity contribution in [2.45, 2.75) is 18.9 Å². The van der Waals surface area contributed by atoms with Gasteiger partial charge in [-0.2, -0.15) is 0 Å². The molecule has 0 aromatic heterocycles. The number of halogens is 1. The van der Waals surface area contributed by atoms with E-state index in [1.54, 1.807) is 6.07 Å². The van der Waals surface area contributed by atoms with Crippen molar-refractivity contribution in [3.05, 3.63) is 35.6 Å². The Morgan fingerprint density at radius 1 is 1.38 bits per heavy atom. The maximum Gasteiger partial charge on any atom is 0.320 e. The molecule has 0 aliphatic carbocycles. The third-order valence-corrected chi connectivity index (χ3v) is 2.11. The van der Waals surface area contributed by atoms with E-state index in [0.717, 1.165) is 0 Å². The smallest absolute Gasteiger partial charge is 0.320 e. The molecule has 1 atom stereocenters. The quantitative estimate of drug-likeness (QED) is 0.774. The summed E-state index contributed by atoms with van der Waals surface area (Å²) < 4.78 is 13.1. The van der Waals surface area contributed by atoms with Gasteiger partial charge in [0.15, 0.2) is 0 Å². The Hall–Kier alpha value is -1.75. The zero-order chi connectivity index (χ0) is 12.1. The maximum absolute atomic E-state index is 13.1. The average molecular weight is 225 g/mol. The van der Waals surface area contributed by atoms with E-state index in [1.807, 2.05) is 0 Å². The van der Waals surface area contributed by atoms with Crippen LogP contribution in [0, 0.1) is 5.82 Å². The van der Waals surface area contributed by atoms with Gasteiger partial charge in [-0.1, -0.05) is 18.2 Å². The molecule has 5 heteroatoms. The first-order valence-electron chi connectivity index (χ1n) is 4.74. The monoisotopic (exact) mass is 225 g/mol. The molecule has 4 nitrogen and oxygen atoms in total. The van der Waals surface area contributed by atoms with Gasteiger partial charge in [-0.25, -0.2) is 4.39 Å². The van der Waals surface area contributed by atoms with E-state index in [9.17, 15) is 14.0 Å². The fourth-order valence-corrected chi connectivity index (χ4v) is 1.26. The van der Waals surface area contributed by atoms with Crippen molar-refractivity contribution in [2.75, 3.05) is 0 Å². The second kappa shape index (κ2) is 5.37. The van der Waals surface area contributed by atoms with Crippen LogP contribution in [-0.2, 0) is 16.0 Å². The van der Waals surface area contributed by atoms with Crippen LogP contribution >= 0.6 is 0 Å². The predicted octanol–water partition coefficient (Wildman–Crippen LogP) is 0.739. The first-order chi connectivity index (χ1) is 7.50. The van der Waals surface area contributed by atoms with E-state index in [1.165, 1.54) is 18.2 Å². The van der Waals surface area contributed by atoms with Crippen molar-refractivity contribution >= 4 is 11.8 Å². The Bertz CT molecular complexity index is 406. The Kier molecular flexibility index (Phi) is 4.13. The lowest BCUT2D eigenvalue weighted by Gasteiger charge is -2.05. The largest absolute Gasteiger partial charge is 0.480 e. The number of benzene rings is 1. The Balaban J connectivity index is 2.59. The second-order valence-electron chi connectivity index (χ2n) is 3.46. The van der Waals surface area contributed by atoms with Gasteiger partial charge in [-0.15, -0.1) is 0 Å². The first-order valence-corrected chi connectivity index (χ1v) is 4.74. The minimum Gasteiger partial charge on any atom is -0.480 e. The van der Waals surface area contributed by atoms with Crippen molar-refractivity contribution in [1.29, 1.82) is 0 Å². The molecule has 1 aromatic carbocycles. The second-order valence-corrected chi connectivity index (χ2v) is 3.46. The highest BCUT2D eigenvalue weighted by molar-refractivity contribution is 5.86. The van der Waals surface area contributed by atoms with Crippen LogP contribution in [0.3, 0.4) is 0 Å². The van der Waals surface area contributed by atoms with E-state index in [4.69, 9.17) is 10.8 Å².